The van der Waals surface area contributed by atoms with Gasteiger partial charge in [0.15, 0.2) is 18.1 Å². The van der Waals surface area contributed by atoms with E-state index < -0.39 is 5.97 Å². The number of likely N-dealkylation sites (N-methyl/N-ethyl adjacent to an activating group) is 1. The molecule has 138 valence electrons. The first-order chi connectivity index (χ1) is 12.6. The van der Waals surface area contributed by atoms with Crippen molar-refractivity contribution in [3.8, 4) is 11.5 Å². The normalized spacial score (nSPS) is 12.5. The predicted octanol–water partition coefficient (Wildman–Crippen LogP) is 2.00. The highest BCUT2D eigenvalue weighted by atomic mass is 16.6. The zero-order valence-corrected chi connectivity index (χ0v) is 14.9. The monoisotopic (exact) mass is 358 g/mol. The zero-order valence-electron chi connectivity index (χ0n) is 14.9. The number of ether oxygens (including phenoxy) is 3. The van der Waals surface area contributed by atoms with Crippen LogP contribution in [0.1, 0.15) is 23.0 Å². The quantitative estimate of drug-likeness (QED) is 0.739. The van der Waals surface area contributed by atoms with Crippen molar-refractivity contribution in [3.05, 3.63) is 47.8 Å². The van der Waals surface area contributed by atoms with E-state index in [0.717, 1.165) is 5.56 Å². The van der Waals surface area contributed by atoms with E-state index in [1.54, 1.807) is 34.8 Å². The highest BCUT2D eigenvalue weighted by Gasteiger charge is 2.18. The Morgan fingerprint density at radius 3 is 2.65 bits per heavy atom. The highest BCUT2D eigenvalue weighted by molar-refractivity contribution is 5.89. The van der Waals surface area contributed by atoms with Crippen molar-refractivity contribution in [2.75, 3.05) is 26.4 Å². The van der Waals surface area contributed by atoms with Crippen LogP contribution in [0.15, 0.2) is 36.5 Å². The van der Waals surface area contributed by atoms with Gasteiger partial charge in [0.25, 0.3) is 5.91 Å². The maximum atomic E-state index is 12.4. The van der Waals surface area contributed by atoms with Crippen molar-refractivity contribution >= 4 is 11.9 Å². The number of esters is 1. The van der Waals surface area contributed by atoms with Crippen molar-refractivity contribution in [3.63, 3.8) is 0 Å². The summed E-state index contributed by atoms with van der Waals surface area (Å²) in [5.41, 5.74) is 1.34. The number of amides is 1. The summed E-state index contributed by atoms with van der Waals surface area (Å²) >= 11 is 0. The molecule has 0 N–H and O–H groups in total. The summed E-state index contributed by atoms with van der Waals surface area (Å²) in [5.74, 6) is 0.643. The molecule has 1 aliphatic heterocycles. The number of rotatable bonds is 6. The minimum Gasteiger partial charge on any atom is -0.486 e. The van der Waals surface area contributed by atoms with Gasteiger partial charge in [-0.25, -0.2) is 4.79 Å². The van der Waals surface area contributed by atoms with Crippen LogP contribution in [0.3, 0.4) is 0 Å². The van der Waals surface area contributed by atoms with Gasteiger partial charge in [-0.2, -0.15) is 0 Å². The number of fused-ring (bicyclic) bond motifs is 1. The van der Waals surface area contributed by atoms with Gasteiger partial charge in [-0.3, -0.25) is 4.79 Å². The minimum atomic E-state index is -0.513. The van der Waals surface area contributed by atoms with E-state index in [9.17, 15) is 9.59 Å². The zero-order chi connectivity index (χ0) is 18.5. The number of hydrogen-bond acceptors (Lipinski definition) is 5. The lowest BCUT2D eigenvalue weighted by Crippen LogP contribution is -2.34. The maximum Gasteiger partial charge on any atom is 0.355 e. The Morgan fingerprint density at radius 2 is 1.96 bits per heavy atom. The van der Waals surface area contributed by atoms with Gasteiger partial charge in [0.05, 0.1) is 0 Å². The lowest BCUT2D eigenvalue weighted by Gasteiger charge is -2.23. The lowest BCUT2D eigenvalue weighted by atomic mass is 10.1. The number of hydrogen-bond donors (Lipinski definition) is 0. The van der Waals surface area contributed by atoms with Crippen LogP contribution in [-0.4, -0.2) is 47.7 Å². The lowest BCUT2D eigenvalue weighted by molar-refractivity contribution is -0.135. The summed E-state index contributed by atoms with van der Waals surface area (Å²) < 4.78 is 17.9. The van der Waals surface area contributed by atoms with Crippen molar-refractivity contribution in [1.29, 1.82) is 0 Å². The fourth-order valence-corrected chi connectivity index (χ4v) is 2.75. The van der Waals surface area contributed by atoms with Gasteiger partial charge in [-0.1, -0.05) is 6.07 Å². The van der Waals surface area contributed by atoms with Gasteiger partial charge in [0, 0.05) is 26.3 Å². The van der Waals surface area contributed by atoms with Gasteiger partial charge in [-0.05, 0) is 36.8 Å². The van der Waals surface area contributed by atoms with Gasteiger partial charge in [0.2, 0.25) is 0 Å². The summed E-state index contributed by atoms with van der Waals surface area (Å²) in [6.07, 6.45) is 1.75. The molecular weight excluding hydrogens is 336 g/mol. The van der Waals surface area contributed by atoms with Crippen LogP contribution in [0, 0.1) is 0 Å². The number of carbonyl (C=O) groups excluding carboxylic acids is 2. The third kappa shape index (κ3) is 3.99. The Bertz CT molecular complexity index is 799. The molecule has 0 bridgehead atoms. The molecule has 2 heterocycles. The molecular formula is C19H22N2O5. The molecule has 0 atom stereocenters. The summed E-state index contributed by atoms with van der Waals surface area (Å²) in [6, 6.07) is 9.02. The molecule has 0 saturated heterocycles. The third-order valence-electron chi connectivity index (χ3n) is 4.19. The summed E-state index contributed by atoms with van der Waals surface area (Å²) in [6.45, 7) is 3.57. The molecule has 0 saturated carbocycles. The average molecular weight is 358 g/mol. The van der Waals surface area contributed by atoms with Gasteiger partial charge in [-0.15, -0.1) is 0 Å². The molecule has 0 unspecified atom stereocenters. The van der Waals surface area contributed by atoms with Gasteiger partial charge >= 0.3 is 5.97 Å². The van der Waals surface area contributed by atoms with Crippen molar-refractivity contribution < 1.29 is 23.8 Å². The van der Waals surface area contributed by atoms with E-state index in [0.29, 0.717) is 43.5 Å². The Hall–Kier alpha value is -2.96. The molecule has 0 radical (unpaired) electrons. The van der Waals surface area contributed by atoms with Gasteiger partial charge < -0.3 is 23.7 Å². The molecule has 0 aliphatic carbocycles. The molecule has 2 aromatic rings. The number of aryl methyl sites for hydroxylation is 1. The second-order valence-corrected chi connectivity index (χ2v) is 5.97. The van der Waals surface area contributed by atoms with Crippen LogP contribution < -0.4 is 9.47 Å². The second-order valence-electron chi connectivity index (χ2n) is 5.97. The Labute approximate surface area is 152 Å². The van der Waals surface area contributed by atoms with Crippen LogP contribution in [0.4, 0.5) is 0 Å². The molecule has 7 nitrogen and oxygen atoms in total. The topological polar surface area (TPSA) is 70.0 Å². The number of nitrogens with zero attached hydrogens (tertiary/aromatic N) is 2. The van der Waals surface area contributed by atoms with Crippen LogP contribution in [-0.2, 0) is 23.1 Å². The van der Waals surface area contributed by atoms with E-state index >= 15 is 0 Å². The smallest absolute Gasteiger partial charge is 0.355 e. The Morgan fingerprint density at radius 1 is 1.19 bits per heavy atom. The summed E-state index contributed by atoms with van der Waals surface area (Å²) in [7, 11) is 1.75. The fourth-order valence-electron chi connectivity index (χ4n) is 2.75. The van der Waals surface area contributed by atoms with Crippen LogP contribution >= 0.6 is 0 Å². The van der Waals surface area contributed by atoms with Crippen LogP contribution in [0.5, 0.6) is 11.5 Å². The number of carbonyl (C=O) groups is 2. The van der Waals surface area contributed by atoms with Crippen molar-refractivity contribution in [2.24, 2.45) is 7.05 Å². The molecule has 1 amide bonds. The van der Waals surface area contributed by atoms with Crippen molar-refractivity contribution in [1.82, 2.24) is 9.47 Å². The highest BCUT2D eigenvalue weighted by Crippen LogP contribution is 2.31. The van der Waals surface area contributed by atoms with E-state index in [1.807, 2.05) is 25.1 Å². The predicted molar refractivity (Wildman–Crippen MR) is 94.2 cm³/mol. The van der Waals surface area contributed by atoms with E-state index in [1.165, 1.54) is 0 Å². The molecule has 1 aromatic heterocycles. The van der Waals surface area contributed by atoms with Crippen LogP contribution in [0.2, 0.25) is 0 Å². The molecule has 0 fully saturated rings. The largest absolute Gasteiger partial charge is 0.486 e. The number of aromatic nitrogens is 1. The SMILES string of the molecule is CCN(Cc1ccc2c(c1)OCCO2)C(=O)COC(=O)c1cccn1C. The Kier molecular flexibility index (Phi) is 5.46. The average Bonchev–Trinajstić information content (AvgIpc) is 3.09. The standard InChI is InChI=1S/C19H22N2O5/c1-3-21(12-14-6-7-16-17(11-14)25-10-9-24-16)18(22)13-26-19(23)15-5-4-8-20(15)2/h4-8,11H,3,9-10,12-13H2,1-2H3. The fraction of sp³-hybridized carbons (Fsp3) is 0.368. The molecule has 1 aromatic carbocycles. The third-order valence-corrected chi connectivity index (χ3v) is 4.19. The minimum absolute atomic E-state index is 0.245. The second kappa shape index (κ2) is 7.95. The summed E-state index contributed by atoms with van der Waals surface area (Å²) in [5, 5.41) is 0. The molecule has 3 rings (SSSR count). The van der Waals surface area contributed by atoms with E-state index in [-0.39, 0.29) is 12.5 Å². The Balaban J connectivity index is 1.58. The maximum absolute atomic E-state index is 12.4. The molecule has 1 aliphatic rings. The first kappa shape index (κ1) is 17.8. The van der Waals surface area contributed by atoms with E-state index in [2.05, 4.69) is 0 Å². The summed E-state index contributed by atoms with van der Waals surface area (Å²) in [4.78, 5) is 26.1. The first-order valence-corrected chi connectivity index (χ1v) is 8.53. The first-order valence-electron chi connectivity index (χ1n) is 8.53. The molecule has 26 heavy (non-hydrogen) atoms. The molecule has 7 heteroatoms. The van der Waals surface area contributed by atoms with E-state index in [4.69, 9.17) is 14.2 Å². The van der Waals surface area contributed by atoms with Crippen LogP contribution in [0.25, 0.3) is 0 Å². The molecule has 0 spiro atoms. The number of benzene rings is 1. The van der Waals surface area contributed by atoms with Gasteiger partial charge in [0.1, 0.15) is 18.9 Å². The van der Waals surface area contributed by atoms with Crippen molar-refractivity contribution in [2.45, 2.75) is 13.5 Å².